The molecule has 14 nitrogen and oxygen atoms in total. The molecule has 0 bridgehead atoms. The minimum Gasteiger partial charge on any atom is -0.494 e. The zero-order valence-corrected chi connectivity index (χ0v) is 33.9. The standard InChI is InChI=1S/C43H48ClN7O7/c1-42(2)40(43(3,4)41(42)58-29-10-8-26(24-45)32(44)23-29)48-36(53)27-9-14-34(46-25-27)50-19-17-49(18-20-50)16-6-5-7-21-57-28-11-12-30-31(22-28)39(56)51(38(30)55)33-13-15-35(52)47-37(33)54/h8-12,14,22-23,25,33,40-41H,5-7,13,15-21H2,1-4H3,(H,48,53)(H,47,52,54)/t33-,40-,41-/m0/s1. The van der Waals surface area contributed by atoms with Crippen molar-refractivity contribution in [2.45, 2.75) is 78.0 Å². The van der Waals surface area contributed by atoms with Gasteiger partial charge in [0.05, 0.1) is 33.9 Å². The highest BCUT2D eigenvalue weighted by Crippen LogP contribution is 2.55. The lowest BCUT2D eigenvalue weighted by atomic mass is 9.49. The van der Waals surface area contributed by atoms with Crippen molar-refractivity contribution in [2.75, 3.05) is 44.2 Å². The average molecular weight is 810 g/mol. The van der Waals surface area contributed by atoms with Crippen molar-refractivity contribution in [3.05, 3.63) is 82.0 Å². The van der Waals surface area contributed by atoms with E-state index in [0.717, 1.165) is 62.7 Å². The summed E-state index contributed by atoms with van der Waals surface area (Å²) in [5.41, 5.74) is 0.573. The highest BCUT2D eigenvalue weighted by atomic mass is 35.5. The van der Waals surface area contributed by atoms with Crippen LogP contribution in [0.3, 0.4) is 0 Å². The van der Waals surface area contributed by atoms with Crippen LogP contribution in [0.1, 0.15) is 96.4 Å². The Kier molecular flexibility index (Phi) is 11.5. The van der Waals surface area contributed by atoms with Crippen molar-refractivity contribution < 1.29 is 33.4 Å². The Hall–Kier alpha value is -5.52. The van der Waals surface area contributed by atoms with Crippen molar-refractivity contribution >= 4 is 47.0 Å². The van der Waals surface area contributed by atoms with Gasteiger partial charge in [0.1, 0.15) is 35.5 Å². The summed E-state index contributed by atoms with van der Waals surface area (Å²) in [6.07, 6.45) is 4.43. The van der Waals surface area contributed by atoms with Gasteiger partial charge >= 0.3 is 0 Å². The maximum absolute atomic E-state index is 13.4. The largest absolute Gasteiger partial charge is 0.494 e. The number of ether oxygens (including phenoxy) is 2. The van der Waals surface area contributed by atoms with Gasteiger partial charge < -0.3 is 19.7 Å². The highest BCUT2D eigenvalue weighted by Gasteiger charge is 2.64. The van der Waals surface area contributed by atoms with Crippen LogP contribution in [0.4, 0.5) is 5.82 Å². The number of unbranched alkanes of at least 4 members (excludes halogenated alkanes) is 2. The normalized spacial score (nSPS) is 22.4. The highest BCUT2D eigenvalue weighted by molar-refractivity contribution is 6.31. The van der Waals surface area contributed by atoms with E-state index in [1.807, 2.05) is 12.1 Å². The second-order valence-corrected chi connectivity index (χ2v) is 17.0. The number of piperidine rings is 1. The van der Waals surface area contributed by atoms with Crippen LogP contribution in [0, 0.1) is 22.2 Å². The van der Waals surface area contributed by atoms with Crippen LogP contribution >= 0.6 is 11.6 Å². The molecule has 2 aromatic carbocycles. The topological polar surface area (TPSA) is 174 Å². The average Bonchev–Trinajstić information content (AvgIpc) is 3.45. The molecule has 1 aromatic heterocycles. The molecule has 0 radical (unpaired) electrons. The van der Waals surface area contributed by atoms with E-state index >= 15 is 0 Å². The summed E-state index contributed by atoms with van der Waals surface area (Å²) in [5, 5.41) is 15.0. The molecule has 3 fully saturated rings. The Morgan fingerprint density at radius 2 is 1.66 bits per heavy atom. The molecule has 4 heterocycles. The molecule has 1 aliphatic carbocycles. The quantitative estimate of drug-likeness (QED) is 0.176. The molecule has 58 heavy (non-hydrogen) atoms. The number of hydrogen-bond donors (Lipinski definition) is 2. The number of pyridine rings is 1. The van der Waals surface area contributed by atoms with Gasteiger partial charge in [-0.25, -0.2) is 4.98 Å². The van der Waals surface area contributed by atoms with E-state index in [1.54, 1.807) is 42.6 Å². The molecule has 2 saturated heterocycles. The number of nitrogens with one attached hydrogen (secondary N) is 2. The van der Waals surface area contributed by atoms with E-state index in [0.29, 0.717) is 34.3 Å². The van der Waals surface area contributed by atoms with Gasteiger partial charge in [0, 0.05) is 61.7 Å². The predicted molar refractivity (Wildman–Crippen MR) is 215 cm³/mol. The molecular weight excluding hydrogens is 762 g/mol. The zero-order chi connectivity index (χ0) is 41.4. The molecule has 304 valence electrons. The fourth-order valence-electron chi connectivity index (χ4n) is 9.06. The number of nitriles is 1. The Balaban J connectivity index is 0.807. The monoisotopic (exact) mass is 809 g/mol. The third kappa shape index (κ3) is 7.98. The van der Waals surface area contributed by atoms with Gasteiger partial charge in [0.15, 0.2) is 0 Å². The number of imide groups is 2. The van der Waals surface area contributed by atoms with E-state index in [1.165, 1.54) is 0 Å². The van der Waals surface area contributed by atoms with Crippen molar-refractivity contribution in [3.8, 4) is 17.6 Å². The number of nitrogens with zero attached hydrogens (tertiary/aromatic N) is 5. The first-order valence-electron chi connectivity index (χ1n) is 19.8. The number of carbonyl (C=O) groups excluding carboxylic acids is 5. The van der Waals surface area contributed by atoms with Crippen LogP contribution < -0.4 is 25.0 Å². The summed E-state index contributed by atoms with van der Waals surface area (Å²) >= 11 is 6.23. The molecule has 3 aliphatic heterocycles. The smallest absolute Gasteiger partial charge is 0.262 e. The first kappa shape index (κ1) is 40.7. The maximum atomic E-state index is 13.4. The molecule has 4 aliphatic rings. The van der Waals surface area contributed by atoms with E-state index in [-0.39, 0.29) is 52.9 Å². The summed E-state index contributed by atoms with van der Waals surface area (Å²) in [5.74, 6) is -0.404. The second kappa shape index (κ2) is 16.4. The molecule has 1 atom stereocenters. The lowest BCUT2D eigenvalue weighted by molar-refractivity contribution is -0.164. The SMILES string of the molecule is CC1(C)[C@H](NC(=O)c2ccc(N3CCN(CCCCCOc4ccc5c(c4)C(=O)N([C@H]4CCC(=O)NC4=O)C5=O)CC3)nc2)C(C)(C)[C@H]1Oc1ccc(C#N)c(Cl)c1. The Morgan fingerprint density at radius 1 is 0.931 bits per heavy atom. The number of halogens is 1. The fraction of sp³-hybridized carbons (Fsp3) is 0.465. The van der Waals surface area contributed by atoms with Crippen molar-refractivity contribution in [1.82, 2.24) is 25.4 Å². The van der Waals surface area contributed by atoms with Gasteiger partial charge in [-0.2, -0.15) is 5.26 Å². The van der Waals surface area contributed by atoms with Crippen LogP contribution in [-0.4, -0.2) is 102 Å². The van der Waals surface area contributed by atoms with Gasteiger partial charge in [-0.05, 0) is 74.7 Å². The Morgan fingerprint density at radius 3 is 2.33 bits per heavy atom. The molecule has 1 saturated carbocycles. The predicted octanol–water partition coefficient (Wildman–Crippen LogP) is 4.99. The van der Waals surface area contributed by atoms with E-state index in [9.17, 15) is 29.2 Å². The Bertz CT molecular complexity index is 2140. The summed E-state index contributed by atoms with van der Waals surface area (Å²) in [6.45, 7) is 13.2. The minimum absolute atomic E-state index is 0.0723. The van der Waals surface area contributed by atoms with Crippen LogP contribution in [0.15, 0.2) is 54.7 Å². The Labute approximate surface area is 342 Å². The van der Waals surface area contributed by atoms with Gasteiger partial charge in [0.2, 0.25) is 11.8 Å². The summed E-state index contributed by atoms with van der Waals surface area (Å²) in [4.78, 5) is 73.5. The van der Waals surface area contributed by atoms with Crippen LogP contribution in [0.25, 0.3) is 0 Å². The molecule has 5 amide bonds. The minimum atomic E-state index is -0.999. The first-order chi connectivity index (χ1) is 27.7. The molecule has 7 rings (SSSR count). The summed E-state index contributed by atoms with van der Waals surface area (Å²) in [7, 11) is 0. The molecule has 2 N–H and O–H groups in total. The van der Waals surface area contributed by atoms with Gasteiger partial charge in [0.25, 0.3) is 17.7 Å². The third-order valence-corrected chi connectivity index (χ3v) is 12.2. The number of fused-ring (bicyclic) bond motifs is 1. The third-order valence-electron chi connectivity index (χ3n) is 11.9. The number of hydrogen-bond acceptors (Lipinski definition) is 11. The summed E-state index contributed by atoms with van der Waals surface area (Å²) in [6, 6.07) is 14.5. The van der Waals surface area contributed by atoms with Crippen molar-refractivity contribution in [3.63, 3.8) is 0 Å². The lowest BCUT2D eigenvalue weighted by Crippen LogP contribution is -2.74. The van der Waals surface area contributed by atoms with Gasteiger partial charge in [-0.1, -0.05) is 39.3 Å². The second-order valence-electron chi connectivity index (χ2n) is 16.6. The van der Waals surface area contributed by atoms with Crippen LogP contribution in [0.5, 0.6) is 11.5 Å². The zero-order valence-electron chi connectivity index (χ0n) is 33.2. The lowest BCUT2D eigenvalue weighted by Gasteiger charge is -2.63. The van der Waals surface area contributed by atoms with Crippen molar-refractivity contribution in [2.24, 2.45) is 10.8 Å². The van der Waals surface area contributed by atoms with Crippen molar-refractivity contribution in [1.29, 1.82) is 5.26 Å². The number of carbonyl (C=O) groups is 5. The molecule has 15 heteroatoms. The van der Waals surface area contributed by atoms with Gasteiger partial charge in [-0.3, -0.25) is 39.1 Å². The molecule has 3 aromatic rings. The van der Waals surface area contributed by atoms with Gasteiger partial charge in [-0.15, -0.1) is 0 Å². The maximum Gasteiger partial charge on any atom is 0.262 e. The van der Waals surface area contributed by atoms with E-state index in [4.69, 9.17) is 21.1 Å². The number of rotatable bonds is 13. The molecule has 0 spiro atoms. The molecule has 0 unspecified atom stereocenters. The number of aromatic nitrogens is 1. The number of anilines is 1. The van der Waals surface area contributed by atoms with E-state index < -0.39 is 29.7 Å². The summed E-state index contributed by atoms with van der Waals surface area (Å²) < 4.78 is 12.3. The van der Waals surface area contributed by atoms with E-state index in [2.05, 4.69) is 59.2 Å². The fourth-order valence-corrected chi connectivity index (χ4v) is 9.28. The first-order valence-corrected chi connectivity index (χ1v) is 20.2. The number of piperazine rings is 1. The van der Waals surface area contributed by atoms with Crippen LogP contribution in [-0.2, 0) is 9.59 Å². The number of amides is 5. The number of benzene rings is 2. The van der Waals surface area contributed by atoms with Crippen LogP contribution in [0.2, 0.25) is 5.02 Å². The molecular formula is C43H48ClN7O7.